The third-order valence-electron chi connectivity index (χ3n) is 2.74. The second kappa shape index (κ2) is 5.84. The van der Waals surface area contributed by atoms with E-state index in [1.165, 1.54) is 3.57 Å². The fourth-order valence-electron chi connectivity index (χ4n) is 1.84. The summed E-state index contributed by atoms with van der Waals surface area (Å²) in [5.41, 5.74) is 0. The van der Waals surface area contributed by atoms with E-state index in [0.717, 1.165) is 31.8 Å². The van der Waals surface area contributed by atoms with E-state index in [0.29, 0.717) is 6.61 Å². The first-order chi connectivity index (χ1) is 7.74. The highest BCUT2D eigenvalue weighted by Crippen LogP contribution is 2.14. The minimum absolute atomic E-state index is 0.140. The van der Waals surface area contributed by atoms with Crippen molar-refractivity contribution in [2.45, 2.75) is 12.5 Å². The topological polar surface area (TPSA) is 32.7 Å². The van der Waals surface area contributed by atoms with E-state index in [1.54, 1.807) is 0 Å². The van der Waals surface area contributed by atoms with Gasteiger partial charge in [0.15, 0.2) is 0 Å². The minimum Gasteiger partial charge on any atom is -0.492 e. The van der Waals surface area contributed by atoms with E-state index in [2.05, 4.69) is 27.5 Å². The number of hydrogen-bond donors (Lipinski definition) is 1. The summed E-state index contributed by atoms with van der Waals surface area (Å²) in [5.74, 6) is 0.917. The molecule has 1 N–H and O–H groups in total. The Bertz CT molecular complexity index is 328. The molecule has 0 unspecified atom stereocenters. The van der Waals surface area contributed by atoms with Crippen LogP contribution >= 0.6 is 22.6 Å². The molecule has 1 aromatic rings. The maximum Gasteiger partial charge on any atom is 0.119 e. The van der Waals surface area contributed by atoms with E-state index in [9.17, 15) is 5.11 Å². The Kier molecular flexibility index (Phi) is 4.43. The summed E-state index contributed by atoms with van der Waals surface area (Å²) in [4.78, 5) is 2.23. The minimum atomic E-state index is -0.140. The molecule has 1 atom stereocenters. The van der Waals surface area contributed by atoms with Crippen LogP contribution in [0.2, 0.25) is 0 Å². The van der Waals surface area contributed by atoms with Gasteiger partial charge in [-0.1, -0.05) is 0 Å². The van der Waals surface area contributed by atoms with Crippen LogP contribution in [0, 0.1) is 3.57 Å². The first kappa shape index (κ1) is 12.1. The zero-order chi connectivity index (χ0) is 11.4. The van der Waals surface area contributed by atoms with Gasteiger partial charge in [0.2, 0.25) is 0 Å². The Labute approximate surface area is 110 Å². The van der Waals surface area contributed by atoms with Crippen molar-refractivity contribution in [2.24, 2.45) is 0 Å². The van der Waals surface area contributed by atoms with Crippen LogP contribution < -0.4 is 4.74 Å². The lowest BCUT2D eigenvalue weighted by Gasteiger charge is -2.15. The van der Waals surface area contributed by atoms with Crippen LogP contribution in [-0.2, 0) is 0 Å². The zero-order valence-corrected chi connectivity index (χ0v) is 11.3. The first-order valence-electron chi connectivity index (χ1n) is 5.53. The van der Waals surface area contributed by atoms with Gasteiger partial charge in [-0.15, -0.1) is 0 Å². The summed E-state index contributed by atoms with van der Waals surface area (Å²) in [6, 6.07) is 8.05. The second-order valence-corrected chi connectivity index (χ2v) is 5.29. The summed E-state index contributed by atoms with van der Waals surface area (Å²) < 4.78 is 6.85. The van der Waals surface area contributed by atoms with Gasteiger partial charge in [0.05, 0.1) is 6.10 Å². The monoisotopic (exact) mass is 333 g/mol. The molecule has 1 aliphatic heterocycles. The Balaban J connectivity index is 1.70. The Morgan fingerprint density at radius 3 is 2.75 bits per heavy atom. The van der Waals surface area contributed by atoms with Crippen molar-refractivity contribution < 1.29 is 9.84 Å². The molecule has 1 heterocycles. The average molecular weight is 333 g/mol. The van der Waals surface area contributed by atoms with Gasteiger partial charge in [-0.25, -0.2) is 0 Å². The van der Waals surface area contributed by atoms with E-state index < -0.39 is 0 Å². The largest absolute Gasteiger partial charge is 0.492 e. The molecular formula is C12H16INO2. The number of aliphatic hydroxyl groups excluding tert-OH is 1. The lowest BCUT2D eigenvalue weighted by molar-refractivity contribution is 0.167. The van der Waals surface area contributed by atoms with Gasteiger partial charge >= 0.3 is 0 Å². The zero-order valence-electron chi connectivity index (χ0n) is 9.10. The fourth-order valence-corrected chi connectivity index (χ4v) is 2.20. The number of rotatable bonds is 4. The Hall–Kier alpha value is -0.330. The van der Waals surface area contributed by atoms with Crippen LogP contribution in [0.5, 0.6) is 5.75 Å². The van der Waals surface area contributed by atoms with Gasteiger partial charge in [-0.3, -0.25) is 4.90 Å². The number of hydrogen-bond acceptors (Lipinski definition) is 3. The van der Waals surface area contributed by atoms with E-state index in [1.807, 2.05) is 24.3 Å². The fraction of sp³-hybridized carbons (Fsp3) is 0.500. The predicted molar refractivity (Wildman–Crippen MR) is 71.7 cm³/mol. The van der Waals surface area contributed by atoms with Crippen LogP contribution in [0.25, 0.3) is 0 Å². The SMILES string of the molecule is O[C@@H]1CCN(CCOc2ccc(I)cc2)C1. The summed E-state index contributed by atoms with van der Waals surface area (Å²) in [6.45, 7) is 3.35. The normalized spacial score (nSPS) is 21.2. The van der Waals surface area contributed by atoms with Gasteiger partial charge in [0.25, 0.3) is 0 Å². The number of aliphatic hydroxyl groups is 1. The molecular weight excluding hydrogens is 317 g/mol. The van der Waals surface area contributed by atoms with Crippen LogP contribution in [0.4, 0.5) is 0 Å². The van der Waals surface area contributed by atoms with E-state index >= 15 is 0 Å². The highest BCUT2D eigenvalue weighted by atomic mass is 127. The summed E-state index contributed by atoms with van der Waals surface area (Å²) in [6.07, 6.45) is 0.752. The molecule has 0 aromatic heterocycles. The van der Waals surface area contributed by atoms with Crippen molar-refractivity contribution in [1.82, 2.24) is 4.90 Å². The molecule has 88 valence electrons. The van der Waals surface area contributed by atoms with Crippen molar-refractivity contribution in [3.8, 4) is 5.75 Å². The highest BCUT2D eigenvalue weighted by Gasteiger charge is 2.19. The molecule has 0 spiro atoms. The quantitative estimate of drug-likeness (QED) is 0.852. The van der Waals surface area contributed by atoms with Crippen LogP contribution in [-0.4, -0.2) is 42.4 Å². The number of halogens is 1. The smallest absolute Gasteiger partial charge is 0.119 e. The molecule has 16 heavy (non-hydrogen) atoms. The van der Waals surface area contributed by atoms with E-state index in [-0.39, 0.29) is 6.10 Å². The number of ether oxygens (including phenoxy) is 1. The van der Waals surface area contributed by atoms with Gasteiger partial charge < -0.3 is 9.84 Å². The van der Waals surface area contributed by atoms with Crippen LogP contribution in [0.1, 0.15) is 6.42 Å². The van der Waals surface area contributed by atoms with Crippen molar-refractivity contribution in [3.05, 3.63) is 27.8 Å². The molecule has 0 radical (unpaired) electrons. The summed E-state index contributed by atoms with van der Waals surface area (Å²) in [7, 11) is 0. The first-order valence-corrected chi connectivity index (χ1v) is 6.61. The maximum atomic E-state index is 9.36. The molecule has 1 aliphatic rings. The second-order valence-electron chi connectivity index (χ2n) is 4.05. The molecule has 1 fully saturated rings. The number of benzene rings is 1. The standard InChI is InChI=1S/C12H16INO2/c13-10-1-3-12(4-2-10)16-8-7-14-6-5-11(15)9-14/h1-4,11,15H,5-9H2/t11-/m1/s1. The van der Waals surface area contributed by atoms with Crippen molar-refractivity contribution in [2.75, 3.05) is 26.2 Å². The predicted octanol–water partition coefficient (Wildman–Crippen LogP) is 1.74. The molecule has 0 bridgehead atoms. The molecule has 0 saturated carbocycles. The number of nitrogens with zero attached hydrogens (tertiary/aromatic N) is 1. The Morgan fingerprint density at radius 2 is 2.12 bits per heavy atom. The Morgan fingerprint density at radius 1 is 1.38 bits per heavy atom. The van der Waals surface area contributed by atoms with E-state index in [4.69, 9.17) is 4.74 Å². The molecule has 0 aliphatic carbocycles. The van der Waals surface area contributed by atoms with Crippen LogP contribution in [0.15, 0.2) is 24.3 Å². The van der Waals surface area contributed by atoms with Crippen LogP contribution in [0.3, 0.4) is 0 Å². The third kappa shape index (κ3) is 3.61. The number of likely N-dealkylation sites (tertiary alicyclic amines) is 1. The highest BCUT2D eigenvalue weighted by molar-refractivity contribution is 14.1. The van der Waals surface area contributed by atoms with Gasteiger partial charge in [0.1, 0.15) is 12.4 Å². The lowest BCUT2D eigenvalue weighted by Crippen LogP contribution is -2.27. The summed E-state index contributed by atoms with van der Waals surface area (Å²) >= 11 is 2.28. The maximum absolute atomic E-state index is 9.36. The molecule has 0 amide bonds. The molecule has 3 nitrogen and oxygen atoms in total. The van der Waals surface area contributed by atoms with Gasteiger partial charge in [-0.2, -0.15) is 0 Å². The lowest BCUT2D eigenvalue weighted by atomic mass is 10.3. The molecule has 1 saturated heterocycles. The van der Waals surface area contributed by atoms with Crippen molar-refractivity contribution >= 4 is 22.6 Å². The average Bonchev–Trinajstić information content (AvgIpc) is 2.67. The summed E-state index contributed by atoms with van der Waals surface area (Å²) in [5, 5.41) is 9.36. The van der Waals surface area contributed by atoms with Gasteiger partial charge in [0, 0.05) is 23.2 Å². The third-order valence-corrected chi connectivity index (χ3v) is 3.46. The molecule has 4 heteroatoms. The van der Waals surface area contributed by atoms with Crippen molar-refractivity contribution in [3.63, 3.8) is 0 Å². The van der Waals surface area contributed by atoms with Crippen molar-refractivity contribution in [1.29, 1.82) is 0 Å². The van der Waals surface area contributed by atoms with Gasteiger partial charge in [-0.05, 0) is 53.3 Å². The molecule has 1 aromatic carbocycles. The number of β-amino-alcohol motifs (C(OH)–C–C–N with tert-alkyl or cyclic N) is 1. The molecule has 2 rings (SSSR count).